The normalized spacial score (nSPS) is 10.5. The van der Waals surface area contributed by atoms with E-state index in [9.17, 15) is 24.0 Å². The molecule has 4 N–H and O–H groups in total. The molecule has 0 atom stereocenters. The molecule has 0 aliphatic carbocycles. The molecule has 0 fully saturated rings. The van der Waals surface area contributed by atoms with Gasteiger partial charge in [0.1, 0.15) is 11.4 Å². The number of benzene rings is 2. The lowest BCUT2D eigenvalue weighted by Crippen LogP contribution is -2.43. The maximum Gasteiger partial charge on any atom is 0.338 e. The van der Waals surface area contributed by atoms with Gasteiger partial charge in [-0.3, -0.25) is 23.5 Å². The summed E-state index contributed by atoms with van der Waals surface area (Å²) in [5.74, 6) is -2.67. The lowest BCUT2D eigenvalue weighted by molar-refractivity contribution is 0.0474. The standard InChI is InChI=1S/C22H20N4O6/c1-25-20(29)17(18(23)26(22(25)31)11-13-5-3-2-4-6-13)16(27)12-32-21(30)15-9-7-14(8-10-15)19(24)28/h2-10H,11-12,23H2,1H3,(H2,24,28). The van der Waals surface area contributed by atoms with E-state index in [0.29, 0.717) is 0 Å². The van der Waals surface area contributed by atoms with Crippen LogP contribution in [0.1, 0.15) is 36.6 Å². The van der Waals surface area contributed by atoms with E-state index in [1.807, 2.05) is 0 Å². The molecule has 32 heavy (non-hydrogen) atoms. The van der Waals surface area contributed by atoms with Crippen molar-refractivity contribution in [1.29, 1.82) is 0 Å². The maximum absolute atomic E-state index is 12.7. The maximum atomic E-state index is 12.7. The van der Waals surface area contributed by atoms with Crippen LogP contribution in [0.15, 0.2) is 64.2 Å². The van der Waals surface area contributed by atoms with E-state index < -0.39 is 41.1 Å². The van der Waals surface area contributed by atoms with Gasteiger partial charge in [-0.2, -0.15) is 0 Å². The molecule has 1 aromatic heterocycles. The van der Waals surface area contributed by atoms with E-state index >= 15 is 0 Å². The minimum atomic E-state index is -0.885. The highest BCUT2D eigenvalue weighted by Crippen LogP contribution is 2.11. The van der Waals surface area contributed by atoms with Gasteiger partial charge in [-0.25, -0.2) is 9.59 Å². The van der Waals surface area contributed by atoms with Crippen LogP contribution in [0.4, 0.5) is 5.82 Å². The number of hydrogen-bond donors (Lipinski definition) is 2. The highest BCUT2D eigenvalue weighted by atomic mass is 16.5. The average molecular weight is 436 g/mol. The molecule has 10 nitrogen and oxygen atoms in total. The molecule has 0 saturated carbocycles. The zero-order valence-corrected chi connectivity index (χ0v) is 17.1. The quantitative estimate of drug-likeness (QED) is 0.399. The van der Waals surface area contributed by atoms with Gasteiger partial charge in [-0.1, -0.05) is 30.3 Å². The van der Waals surface area contributed by atoms with Gasteiger partial charge >= 0.3 is 11.7 Å². The number of nitrogens with zero attached hydrogens (tertiary/aromatic N) is 2. The van der Waals surface area contributed by atoms with Gasteiger partial charge in [-0.15, -0.1) is 0 Å². The molecule has 10 heteroatoms. The summed E-state index contributed by atoms with van der Waals surface area (Å²) in [6, 6.07) is 14.2. The van der Waals surface area contributed by atoms with E-state index in [1.54, 1.807) is 30.3 Å². The van der Waals surface area contributed by atoms with Gasteiger partial charge in [0.25, 0.3) is 5.56 Å². The van der Waals surface area contributed by atoms with Crippen LogP contribution >= 0.6 is 0 Å². The molecule has 3 rings (SSSR count). The summed E-state index contributed by atoms with van der Waals surface area (Å²) < 4.78 is 6.87. The number of nitrogen functional groups attached to an aromatic ring is 1. The van der Waals surface area contributed by atoms with Crippen LogP contribution in [0.25, 0.3) is 0 Å². The molecule has 2 aromatic carbocycles. The van der Waals surface area contributed by atoms with Crippen molar-refractivity contribution >= 4 is 23.5 Å². The van der Waals surface area contributed by atoms with Crippen LogP contribution < -0.4 is 22.7 Å². The third kappa shape index (κ3) is 4.48. The molecule has 0 spiro atoms. The fourth-order valence-corrected chi connectivity index (χ4v) is 3.02. The first kappa shape index (κ1) is 22.2. The molecular weight excluding hydrogens is 416 g/mol. The van der Waals surface area contributed by atoms with Crippen molar-refractivity contribution in [2.75, 3.05) is 12.3 Å². The number of Topliss-reactive ketones (excluding diaryl/α,β-unsaturated/α-hetero) is 1. The lowest BCUT2D eigenvalue weighted by atomic mass is 10.1. The number of carbonyl (C=O) groups excluding carboxylic acids is 3. The van der Waals surface area contributed by atoms with Crippen LogP contribution in [-0.4, -0.2) is 33.4 Å². The molecule has 0 radical (unpaired) electrons. The van der Waals surface area contributed by atoms with Crippen molar-refractivity contribution in [3.05, 3.63) is 97.7 Å². The Morgan fingerprint density at radius 3 is 2.12 bits per heavy atom. The second-order valence-corrected chi connectivity index (χ2v) is 6.92. The molecule has 0 saturated heterocycles. The Bertz CT molecular complexity index is 1310. The summed E-state index contributed by atoms with van der Waals surface area (Å²) in [5, 5.41) is 0. The first-order valence-corrected chi connectivity index (χ1v) is 9.44. The second kappa shape index (κ2) is 9.13. The molecule has 0 aliphatic rings. The average Bonchev–Trinajstić information content (AvgIpc) is 2.79. The smallest absolute Gasteiger partial charge is 0.338 e. The fourth-order valence-electron chi connectivity index (χ4n) is 3.02. The Kier molecular flexibility index (Phi) is 6.34. The highest BCUT2D eigenvalue weighted by Gasteiger charge is 2.23. The number of ether oxygens (including phenoxy) is 1. The van der Waals surface area contributed by atoms with Crippen LogP contribution in [0.2, 0.25) is 0 Å². The summed E-state index contributed by atoms with van der Waals surface area (Å²) in [6.07, 6.45) is 0. The number of ketones is 1. The molecule has 164 valence electrons. The Hall–Kier alpha value is -4.47. The van der Waals surface area contributed by atoms with Gasteiger partial charge in [0.2, 0.25) is 11.7 Å². The third-order valence-electron chi connectivity index (χ3n) is 4.79. The third-order valence-corrected chi connectivity index (χ3v) is 4.79. The van der Waals surface area contributed by atoms with Gasteiger partial charge in [0, 0.05) is 12.6 Å². The summed E-state index contributed by atoms with van der Waals surface area (Å²) in [4.78, 5) is 61.1. The van der Waals surface area contributed by atoms with Crippen LogP contribution in [0.5, 0.6) is 0 Å². The SMILES string of the molecule is Cn1c(=O)c(C(=O)COC(=O)c2ccc(C(N)=O)cc2)c(N)n(Cc2ccccc2)c1=O. The Morgan fingerprint density at radius 1 is 0.938 bits per heavy atom. The summed E-state index contributed by atoms with van der Waals surface area (Å²) in [5.41, 5.74) is 10.2. The molecule has 0 aliphatic heterocycles. The van der Waals surface area contributed by atoms with E-state index in [0.717, 1.165) is 14.7 Å². The van der Waals surface area contributed by atoms with E-state index in [-0.39, 0.29) is 23.5 Å². The van der Waals surface area contributed by atoms with Crippen molar-refractivity contribution < 1.29 is 19.1 Å². The zero-order valence-electron chi connectivity index (χ0n) is 17.1. The minimum Gasteiger partial charge on any atom is -0.454 e. The molecule has 1 heterocycles. The first-order valence-electron chi connectivity index (χ1n) is 9.44. The van der Waals surface area contributed by atoms with Crippen molar-refractivity contribution in [2.45, 2.75) is 6.54 Å². The van der Waals surface area contributed by atoms with E-state index in [2.05, 4.69) is 0 Å². The van der Waals surface area contributed by atoms with Gasteiger partial charge in [0.05, 0.1) is 12.1 Å². The molecule has 1 amide bonds. The first-order chi connectivity index (χ1) is 15.2. The molecule has 0 bridgehead atoms. The van der Waals surface area contributed by atoms with Gasteiger partial charge in [0.15, 0.2) is 6.61 Å². The Labute approximate surface area is 181 Å². The van der Waals surface area contributed by atoms with E-state index in [1.165, 1.54) is 31.3 Å². The number of esters is 1. The number of carbonyl (C=O) groups is 3. The molecule has 3 aromatic rings. The van der Waals surface area contributed by atoms with Crippen molar-refractivity contribution in [3.63, 3.8) is 0 Å². The summed E-state index contributed by atoms with van der Waals surface area (Å²) in [6.45, 7) is -0.717. The predicted octanol–water partition coefficient (Wildman–Crippen LogP) is 0.316. The summed E-state index contributed by atoms with van der Waals surface area (Å²) in [7, 11) is 1.23. The topological polar surface area (TPSA) is 156 Å². The number of nitrogens with two attached hydrogens (primary N) is 2. The van der Waals surface area contributed by atoms with Crippen molar-refractivity contribution in [1.82, 2.24) is 9.13 Å². The van der Waals surface area contributed by atoms with Crippen molar-refractivity contribution in [3.8, 4) is 0 Å². The van der Waals surface area contributed by atoms with Gasteiger partial charge < -0.3 is 16.2 Å². The predicted molar refractivity (Wildman–Crippen MR) is 115 cm³/mol. The molecule has 0 unspecified atom stereocenters. The lowest BCUT2D eigenvalue weighted by Gasteiger charge is -2.14. The number of hydrogen-bond acceptors (Lipinski definition) is 7. The Morgan fingerprint density at radius 2 is 1.53 bits per heavy atom. The Balaban J connectivity index is 1.84. The number of anilines is 1. The van der Waals surface area contributed by atoms with Crippen LogP contribution in [0, 0.1) is 0 Å². The number of aromatic nitrogens is 2. The largest absolute Gasteiger partial charge is 0.454 e. The number of primary amides is 1. The van der Waals surface area contributed by atoms with Crippen LogP contribution in [0.3, 0.4) is 0 Å². The van der Waals surface area contributed by atoms with E-state index in [4.69, 9.17) is 16.2 Å². The number of rotatable bonds is 7. The monoisotopic (exact) mass is 436 g/mol. The fraction of sp³-hybridized carbons (Fsp3) is 0.136. The summed E-state index contributed by atoms with van der Waals surface area (Å²) >= 11 is 0. The zero-order chi connectivity index (χ0) is 23.4. The van der Waals surface area contributed by atoms with Gasteiger partial charge in [-0.05, 0) is 29.8 Å². The van der Waals surface area contributed by atoms with Crippen molar-refractivity contribution in [2.24, 2.45) is 12.8 Å². The minimum absolute atomic E-state index is 0.0475. The second-order valence-electron chi connectivity index (χ2n) is 6.92. The molecular formula is C22H20N4O6. The highest BCUT2D eigenvalue weighted by molar-refractivity contribution is 6.02. The number of amides is 1. The van der Waals surface area contributed by atoms with Crippen LogP contribution in [-0.2, 0) is 18.3 Å².